The van der Waals surface area contributed by atoms with Crippen molar-refractivity contribution < 1.29 is 9.53 Å². The lowest BCUT2D eigenvalue weighted by molar-refractivity contribution is -0.117. The normalized spacial score (nSPS) is 10.8. The van der Waals surface area contributed by atoms with E-state index in [1.807, 2.05) is 30.3 Å². The van der Waals surface area contributed by atoms with Crippen LogP contribution in [0.25, 0.3) is 0 Å². The van der Waals surface area contributed by atoms with Gasteiger partial charge in [-0.15, -0.1) is 0 Å². The number of hydrogen-bond donors (Lipinski definition) is 2. The number of benzene rings is 1. The van der Waals surface area contributed by atoms with Gasteiger partial charge in [-0.2, -0.15) is 5.26 Å². The Balaban J connectivity index is 2.61. The van der Waals surface area contributed by atoms with Crippen LogP contribution in [-0.2, 0) is 9.53 Å². The zero-order chi connectivity index (χ0) is 17.8. The Morgan fingerprint density at radius 1 is 1.29 bits per heavy atom. The van der Waals surface area contributed by atoms with Gasteiger partial charge in [-0.25, -0.2) is 0 Å². The van der Waals surface area contributed by atoms with Gasteiger partial charge in [-0.1, -0.05) is 0 Å². The summed E-state index contributed by atoms with van der Waals surface area (Å²) in [6.07, 6.45) is 2.14. The van der Waals surface area contributed by atoms with E-state index in [4.69, 9.17) is 10.00 Å². The van der Waals surface area contributed by atoms with Crippen LogP contribution in [0.4, 0.5) is 11.4 Å². The number of ether oxygens (including phenoxy) is 1. The molecule has 130 valence electrons. The molecule has 0 bridgehead atoms. The summed E-state index contributed by atoms with van der Waals surface area (Å²) >= 11 is 0. The smallest absolute Gasteiger partial charge is 0.263 e. The first-order valence-corrected chi connectivity index (χ1v) is 8.15. The molecule has 2 N–H and O–H groups in total. The van der Waals surface area contributed by atoms with Crippen LogP contribution in [0.1, 0.15) is 20.3 Å². The van der Waals surface area contributed by atoms with Crippen molar-refractivity contribution in [3.63, 3.8) is 0 Å². The van der Waals surface area contributed by atoms with E-state index in [0.717, 1.165) is 24.5 Å². The number of carbonyl (C=O) groups excluding carboxylic acids is 1. The van der Waals surface area contributed by atoms with Crippen LogP contribution in [0, 0.1) is 11.3 Å². The fraction of sp³-hybridized carbons (Fsp3) is 0.444. The summed E-state index contributed by atoms with van der Waals surface area (Å²) < 4.78 is 4.91. The van der Waals surface area contributed by atoms with E-state index < -0.39 is 0 Å². The average Bonchev–Trinajstić information content (AvgIpc) is 2.61. The number of methoxy groups -OCH3 is 1. The van der Waals surface area contributed by atoms with Gasteiger partial charge >= 0.3 is 0 Å². The standard InChI is InChI=1S/C18H26N4O2/c1-4-22(5-2)17-9-7-16(8-10-17)21-14-15(13-19)18(23)20-11-6-12-24-3/h7-10,14,21H,4-6,11-12H2,1-3H3,(H,20,23)/b15-14-. The Morgan fingerprint density at radius 2 is 1.96 bits per heavy atom. The molecule has 0 fully saturated rings. The second kappa shape index (κ2) is 11.1. The Labute approximate surface area is 144 Å². The minimum absolute atomic E-state index is 0.0419. The lowest BCUT2D eigenvalue weighted by Crippen LogP contribution is -2.26. The molecule has 0 spiro atoms. The van der Waals surface area contributed by atoms with Crippen molar-refractivity contribution in [2.75, 3.05) is 43.6 Å². The number of anilines is 2. The van der Waals surface area contributed by atoms with Crippen LogP contribution in [-0.4, -0.2) is 39.3 Å². The molecule has 0 aliphatic rings. The van der Waals surface area contributed by atoms with Crippen LogP contribution < -0.4 is 15.5 Å². The van der Waals surface area contributed by atoms with Crippen LogP contribution in [0.15, 0.2) is 36.0 Å². The number of nitrogens with zero attached hydrogens (tertiary/aromatic N) is 2. The molecule has 0 unspecified atom stereocenters. The molecular weight excluding hydrogens is 304 g/mol. The second-order valence-electron chi connectivity index (χ2n) is 5.14. The lowest BCUT2D eigenvalue weighted by atomic mass is 10.2. The third kappa shape index (κ3) is 6.31. The van der Waals surface area contributed by atoms with Gasteiger partial charge < -0.3 is 20.3 Å². The minimum Gasteiger partial charge on any atom is -0.385 e. The first-order valence-electron chi connectivity index (χ1n) is 8.15. The molecule has 0 aliphatic heterocycles. The number of nitriles is 1. The zero-order valence-corrected chi connectivity index (χ0v) is 14.6. The summed E-state index contributed by atoms with van der Waals surface area (Å²) in [4.78, 5) is 14.1. The summed E-state index contributed by atoms with van der Waals surface area (Å²) in [5.74, 6) is -0.388. The van der Waals surface area contributed by atoms with E-state index in [1.54, 1.807) is 7.11 Å². The number of hydrogen-bond acceptors (Lipinski definition) is 5. The molecule has 0 radical (unpaired) electrons. The molecule has 1 amide bonds. The summed E-state index contributed by atoms with van der Waals surface area (Å²) in [7, 11) is 1.61. The molecule has 6 heteroatoms. The minimum atomic E-state index is -0.388. The largest absolute Gasteiger partial charge is 0.385 e. The van der Waals surface area contributed by atoms with Gasteiger partial charge in [-0.05, 0) is 44.5 Å². The van der Waals surface area contributed by atoms with Crippen molar-refractivity contribution in [1.29, 1.82) is 5.26 Å². The predicted molar refractivity (Wildman–Crippen MR) is 96.8 cm³/mol. The van der Waals surface area contributed by atoms with Gasteiger partial charge in [0.05, 0.1) is 0 Å². The molecule has 0 atom stereocenters. The van der Waals surface area contributed by atoms with Crippen LogP contribution in [0.3, 0.4) is 0 Å². The van der Waals surface area contributed by atoms with E-state index in [2.05, 4.69) is 29.4 Å². The summed E-state index contributed by atoms with van der Waals surface area (Å²) in [5.41, 5.74) is 2.01. The topological polar surface area (TPSA) is 77.4 Å². The lowest BCUT2D eigenvalue weighted by Gasteiger charge is -2.21. The van der Waals surface area contributed by atoms with Gasteiger partial charge in [0.25, 0.3) is 5.91 Å². The highest BCUT2D eigenvalue weighted by Crippen LogP contribution is 2.17. The van der Waals surface area contributed by atoms with Crippen molar-refractivity contribution in [2.24, 2.45) is 0 Å². The van der Waals surface area contributed by atoms with Gasteiger partial charge in [-0.3, -0.25) is 4.79 Å². The number of nitrogens with one attached hydrogen (secondary N) is 2. The van der Waals surface area contributed by atoms with E-state index in [-0.39, 0.29) is 11.5 Å². The molecule has 0 saturated heterocycles. The van der Waals surface area contributed by atoms with E-state index >= 15 is 0 Å². The average molecular weight is 330 g/mol. The molecule has 0 saturated carbocycles. The third-order valence-corrected chi connectivity index (χ3v) is 3.55. The fourth-order valence-corrected chi connectivity index (χ4v) is 2.17. The molecule has 24 heavy (non-hydrogen) atoms. The molecular formula is C18H26N4O2. The predicted octanol–water partition coefficient (Wildman–Crippen LogP) is 2.50. The van der Waals surface area contributed by atoms with Gasteiger partial charge in [0.2, 0.25) is 0 Å². The Hall–Kier alpha value is -2.52. The molecule has 6 nitrogen and oxygen atoms in total. The molecule has 0 heterocycles. The van der Waals surface area contributed by atoms with Crippen LogP contribution >= 0.6 is 0 Å². The van der Waals surface area contributed by atoms with Crippen molar-refractivity contribution in [3.05, 3.63) is 36.0 Å². The van der Waals surface area contributed by atoms with Gasteiger partial charge in [0.1, 0.15) is 11.6 Å². The Morgan fingerprint density at radius 3 is 2.50 bits per heavy atom. The van der Waals surface area contributed by atoms with Crippen LogP contribution in [0.5, 0.6) is 0 Å². The maximum atomic E-state index is 11.9. The van der Waals surface area contributed by atoms with Crippen molar-refractivity contribution in [2.45, 2.75) is 20.3 Å². The molecule has 1 aromatic rings. The van der Waals surface area contributed by atoms with Crippen molar-refractivity contribution >= 4 is 17.3 Å². The quantitative estimate of drug-likeness (QED) is 0.391. The first-order chi connectivity index (χ1) is 11.7. The molecule has 0 aliphatic carbocycles. The zero-order valence-electron chi connectivity index (χ0n) is 14.6. The molecule has 1 rings (SSSR count). The van der Waals surface area contributed by atoms with Crippen molar-refractivity contribution in [1.82, 2.24) is 5.32 Å². The number of carbonyl (C=O) groups is 1. The first kappa shape index (κ1) is 19.5. The highest BCUT2D eigenvalue weighted by atomic mass is 16.5. The Bertz CT molecular complexity index is 572. The highest BCUT2D eigenvalue weighted by molar-refractivity contribution is 5.97. The SMILES string of the molecule is CCN(CC)c1ccc(N/C=C(/C#N)C(=O)NCCCOC)cc1. The van der Waals surface area contributed by atoms with Gasteiger partial charge in [0, 0.05) is 50.9 Å². The number of amides is 1. The van der Waals surface area contributed by atoms with E-state index in [0.29, 0.717) is 19.6 Å². The monoisotopic (exact) mass is 330 g/mol. The molecule has 0 aromatic heterocycles. The third-order valence-electron chi connectivity index (χ3n) is 3.55. The van der Waals surface area contributed by atoms with E-state index in [9.17, 15) is 4.79 Å². The van der Waals surface area contributed by atoms with Gasteiger partial charge in [0.15, 0.2) is 0 Å². The highest BCUT2D eigenvalue weighted by Gasteiger charge is 2.08. The summed E-state index contributed by atoms with van der Waals surface area (Å²) in [6.45, 7) is 7.18. The van der Waals surface area contributed by atoms with Crippen molar-refractivity contribution in [3.8, 4) is 6.07 Å². The maximum absolute atomic E-state index is 11.9. The second-order valence-corrected chi connectivity index (χ2v) is 5.14. The maximum Gasteiger partial charge on any atom is 0.263 e. The fourth-order valence-electron chi connectivity index (χ4n) is 2.17. The molecule has 1 aromatic carbocycles. The number of rotatable bonds is 10. The van der Waals surface area contributed by atoms with Crippen LogP contribution in [0.2, 0.25) is 0 Å². The Kier molecular flexibility index (Phi) is 9.02. The summed E-state index contributed by atoms with van der Waals surface area (Å²) in [5, 5.41) is 14.8. The van der Waals surface area contributed by atoms with E-state index in [1.165, 1.54) is 6.20 Å². The summed E-state index contributed by atoms with van der Waals surface area (Å²) in [6, 6.07) is 9.79.